The first-order valence-corrected chi connectivity index (χ1v) is 16.8. The zero-order chi connectivity index (χ0) is 31.8. The van der Waals surface area contributed by atoms with Crippen LogP contribution in [0.3, 0.4) is 0 Å². The number of hydrogen-bond donors (Lipinski definition) is 4. The standard InChI is InChI=1S/C28H30N6O8S3/c35-23(31-27-29-11-13-43-27)15-33-21(17-41-19-7-3-1-4-8-19)25(37)26(38)22(18-42-20-9-5-2-6-10-20)34(45(33,39)40)16-24(36)32-28-30-12-14-44-28/h1-14,21-22,25-26,37-38H,15-18H2,(H,29,31,35)(H,30,32,36). The second-order valence-corrected chi connectivity index (χ2v) is 13.4. The first-order valence-electron chi connectivity index (χ1n) is 13.6. The van der Waals surface area contributed by atoms with Crippen molar-refractivity contribution < 1.29 is 37.7 Å². The van der Waals surface area contributed by atoms with E-state index in [0.717, 1.165) is 31.3 Å². The highest BCUT2D eigenvalue weighted by molar-refractivity contribution is 7.86. The molecule has 4 atom stereocenters. The largest absolute Gasteiger partial charge is 0.492 e. The number of ether oxygens (including phenoxy) is 2. The van der Waals surface area contributed by atoms with Crippen LogP contribution in [0, 0.1) is 0 Å². The molecule has 0 aliphatic carbocycles. The molecule has 0 spiro atoms. The van der Waals surface area contributed by atoms with Gasteiger partial charge in [0.2, 0.25) is 11.8 Å². The van der Waals surface area contributed by atoms with E-state index in [-0.39, 0.29) is 10.3 Å². The van der Waals surface area contributed by atoms with Crippen LogP contribution < -0.4 is 20.1 Å². The summed E-state index contributed by atoms with van der Waals surface area (Å²) in [6.45, 7) is -2.44. The minimum atomic E-state index is -4.79. The summed E-state index contributed by atoms with van der Waals surface area (Å²) in [6.07, 6.45) is -0.598. The molecule has 0 bridgehead atoms. The van der Waals surface area contributed by atoms with Gasteiger partial charge in [-0.1, -0.05) is 36.4 Å². The second kappa shape index (κ2) is 14.9. The van der Waals surface area contributed by atoms with Gasteiger partial charge in [-0.25, -0.2) is 9.97 Å². The Morgan fingerprint density at radius 2 is 1.13 bits per heavy atom. The maximum absolute atomic E-state index is 14.5. The van der Waals surface area contributed by atoms with Gasteiger partial charge in [-0.3, -0.25) is 9.59 Å². The van der Waals surface area contributed by atoms with Gasteiger partial charge in [0.1, 0.15) is 36.9 Å². The first-order chi connectivity index (χ1) is 21.7. The van der Waals surface area contributed by atoms with Crippen LogP contribution in [0.5, 0.6) is 11.5 Å². The van der Waals surface area contributed by atoms with Gasteiger partial charge in [0.05, 0.1) is 25.2 Å². The van der Waals surface area contributed by atoms with Gasteiger partial charge in [-0.15, -0.1) is 22.7 Å². The summed E-state index contributed by atoms with van der Waals surface area (Å²) < 4.78 is 42.1. The number of nitrogens with one attached hydrogen (secondary N) is 2. The summed E-state index contributed by atoms with van der Waals surface area (Å²) in [5.74, 6) is -0.773. The van der Waals surface area contributed by atoms with E-state index in [1.165, 1.54) is 12.4 Å². The molecule has 0 saturated carbocycles. The predicted octanol–water partition coefficient (Wildman–Crippen LogP) is 1.66. The number of carbonyl (C=O) groups excluding carboxylic acids is 2. The number of aliphatic hydroxyl groups excluding tert-OH is 2. The fourth-order valence-electron chi connectivity index (χ4n) is 4.60. The van der Waals surface area contributed by atoms with Crippen molar-refractivity contribution in [2.75, 3.05) is 36.9 Å². The second-order valence-electron chi connectivity index (χ2n) is 9.73. The molecule has 1 aliphatic rings. The molecule has 2 aromatic heterocycles. The van der Waals surface area contributed by atoms with Crippen LogP contribution in [0.2, 0.25) is 0 Å². The van der Waals surface area contributed by atoms with Crippen molar-refractivity contribution in [2.24, 2.45) is 0 Å². The zero-order valence-corrected chi connectivity index (χ0v) is 26.0. The molecule has 4 aromatic rings. The molecule has 1 saturated heterocycles. The summed E-state index contributed by atoms with van der Waals surface area (Å²) >= 11 is 2.26. The molecule has 238 valence electrons. The Morgan fingerprint density at radius 3 is 1.49 bits per heavy atom. The molecule has 17 heteroatoms. The maximum atomic E-state index is 14.5. The Bertz CT molecular complexity index is 1510. The summed E-state index contributed by atoms with van der Waals surface area (Å²) in [5.41, 5.74) is 0. The molecule has 3 heterocycles. The van der Waals surface area contributed by atoms with E-state index in [9.17, 15) is 28.2 Å². The van der Waals surface area contributed by atoms with Crippen molar-refractivity contribution in [1.82, 2.24) is 18.6 Å². The van der Waals surface area contributed by atoms with Gasteiger partial charge in [0.25, 0.3) is 10.2 Å². The van der Waals surface area contributed by atoms with Crippen LogP contribution in [0.25, 0.3) is 0 Å². The third-order valence-corrected chi connectivity index (χ3v) is 10.1. The van der Waals surface area contributed by atoms with Crippen molar-refractivity contribution in [3.8, 4) is 11.5 Å². The molecule has 4 unspecified atom stereocenters. The van der Waals surface area contributed by atoms with E-state index in [2.05, 4.69) is 20.6 Å². The summed E-state index contributed by atoms with van der Waals surface area (Å²) in [6, 6.07) is 14.0. The smallest absolute Gasteiger partial charge is 0.283 e. The number of rotatable bonds is 12. The normalized spacial score (nSPS) is 21.8. The molecule has 2 aromatic carbocycles. The molecule has 45 heavy (non-hydrogen) atoms. The number of benzene rings is 2. The first kappa shape index (κ1) is 32.4. The van der Waals surface area contributed by atoms with Gasteiger partial charge in [0.15, 0.2) is 10.3 Å². The van der Waals surface area contributed by atoms with Gasteiger partial charge in [-0.05, 0) is 24.3 Å². The van der Waals surface area contributed by atoms with Gasteiger partial charge < -0.3 is 30.3 Å². The zero-order valence-electron chi connectivity index (χ0n) is 23.6. The molecular formula is C28H30N6O8S3. The minimum Gasteiger partial charge on any atom is -0.492 e. The van der Waals surface area contributed by atoms with Crippen LogP contribution in [0.4, 0.5) is 10.3 Å². The van der Waals surface area contributed by atoms with Crippen molar-refractivity contribution in [2.45, 2.75) is 24.3 Å². The van der Waals surface area contributed by atoms with E-state index < -0.39 is 72.6 Å². The average molecular weight is 675 g/mol. The van der Waals surface area contributed by atoms with E-state index >= 15 is 0 Å². The fourth-order valence-corrected chi connectivity index (χ4v) is 7.58. The molecule has 1 aliphatic heterocycles. The molecule has 14 nitrogen and oxygen atoms in total. The van der Waals surface area contributed by atoms with Crippen LogP contribution >= 0.6 is 22.7 Å². The van der Waals surface area contributed by atoms with Gasteiger partial charge in [-0.2, -0.15) is 17.0 Å². The molecule has 0 radical (unpaired) electrons. The predicted molar refractivity (Wildman–Crippen MR) is 167 cm³/mol. The van der Waals surface area contributed by atoms with E-state index in [1.807, 2.05) is 0 Å². The molecule has 1 fully saturated rings. The van der Waals surface area contributed by atoms with Crippen molar-refractivity contribution in [3.63, 3.8) is 0 Å². The Balaban J connectivity index is 1.50. The highest BCUT2D eigenvalue weighted by atomic mass is 32.2. The number of aromatic nitrogens is 2. The number of amides is 2. The Kier molecular flexibility index (Phi) is 10.7. The quantitative estimate of drug-likeness (QED) is 0.172. The third kappa shape index (κ3) is 8.20. The fraction of sp³-hybridized carbons (Fsp3) is 0.286. The van der Waals surface area contributed by atoms with Crippen LogP contribution in [-0.4, -0.2) is 99.6 Å². The van der Waals surface area contributed by atoms with Crippen LogP contribution in [0.15, 0.2) is 83.8 Å². The van der Waals surface area contributed by atoms with E-state index in [0.29, 0.717) is 11.5 Å². The lowest BCUT2D eigenvalue weighted by atomic mass is 9.99. The topological polar surface area (TPSA) is 184 Å². The van der Waals surface area contributed by atoms with E-state index in [1.54, 1.807) is 71.4 Å². The lowest BCUT2D eigenvalue weighted by Crippen LogP contribution is -2.56. The molecular weight excluding hydrogens is 645 g/mol. The average Bonchev–Trinajstić information content (AvgIpc) is 3.74. The Morgan fingerprint density at radius 1 is 0.733 bits per heavy atom. The number of anilines is 2. The number of carbonyl (C=O) groups is 2. The number of para-hydroxylation sites is 2. The summed E-state index contributed by atoms with van der Waals surface area (Å²) in [7, 11) is -4.79. The van der Waals surface area contributed by atoms with Gasteiger partial charge >= 0.3 is 0 Å². The Labute approximate surface area is 267 Å². The van der Waals surface area contributed by atoms with Crippen molar-refractivity contribution in [1.29, 1.82) is 0 Å². The van der Waals surface area contributed by atoms with E-state index in [4.69, 9.17) is 9.47 Å². The molecule has 5 rings (SSSR count). The third-order valence-electron chi connectivity index (χ3n) is 6.76. The number of thiazole rings is 2. The SMILES string of the molecule is O=C(CN1C(COc2ccccc2)C(O)C(O)C(COc2ccccc2)N(CC(=O)Nc2nccs2)S1(=O)=O)Nc1nccs1. The van der Waals surface area contributed by atoms with Crippen LogP contribution in [0.1, 0.15) is 0 Å². The maximum Gasteiger partial charge on any atom is 0.283 e. The number of nitrogens with zero attached hydrogens (tertiary/aromatic N) is 4. The van der Waals surface area contributed by atoms with Gasteiger partial charge in [0, 0.05) is 23.2 Å². The molecule has 2 amide bonds. The number of aliphatic hydroxyl groups is 2. The minimum absolute atomic E-state index is 0.235. The monoisotopic (exact) mass is 674 g/mol. The summed E-state index contributed by atoms with van der Waals surface area (Å²) in [5, 5.41) is 31.9. The number of hydrogen-bond acceptors (Lipinski definition) is 12. The Hall–Kier alpha value is -3.97. The van der Waals surface area contributed by atoms with Crippen molar-refractivity contribution >= 4 is 55.0 Å². The van der Waals surface area contributed by atoms with Crippen LogP contribution in [-0.2, 0) is 19.8 Å². The molecule has 4 N–H and O–H groups in total. The summed E-state index contributed by atoms with van der Waals surface area (Å²) in [4.78, 5) is 34.3. The highest BCUT2D eigenvalue weighted by Gasteiger charge is 2.52. The van der Waals surface area contributed by atoms with Crippen molar-refractivity contribution in [3.05, 3.63) is 83.8 Å². The lowest BCUT2D eigenvalue weighted by Gasteiger charge is -2.33. The highest BCUT2D eigenvalue weighted by Crippen LogP contribution is 2.29. The lowest BCUT2D eigenvalue weighted by molar-refractivity contribution is -0.118.